The molecule has 1 N–H and O–H groups in total. The number of nitrogens with one attached hydrogen (secondary N) is 1. The van der Waals surface area contributed by atoms with Crippen molar-refractivity contribution in [2.24, 2.45) is 0 Å². The number of carbonyl (C=O) groups is 1. The first-order chi connectivity index (χ1) is 12.2. The molecule has 5 rings (SSSR count). The van der Waals surface area contributed by atoms with Gasteiger partial charge in [-0.15, -0.1) is 0 Å². The SMILES string of the molecule is O=C(c1ccc2[nH]cnc2c1)N1CCC[C@H]2c3ccc(Br)cc3C[C@H]21. The zero-order valence-electron chi connectivity index (χ0n) is 13.7. The molecule has 1 aliphatic heterocycles. The molecule has 1 aromatic heterocycles. The summed E-state index contributed by atoms with van der Waals surface area (Å²) in [4.78, 5) is 22.7. The number of imidazole rings is 1. The standard InChI is InChI=1S/C20H18BrN3O/c21-14-4-5-15-13(8-14)10-19-16(15)2-1-7-24(19)20(25)12-3-6-17-18(9-12)23-11-22-17/h3-6,8-9,11,16,19H,1-2,7,10H2,(H,22,23)/t16-,19+/m0/s1. The highest BCUT2D eigenvalue weighted by Gasteiger charge is 2.40. The molecule has 1 aliphatic carbocycles. The third-order valence-electron chi connectivity index (χ3n) is 5.64. The molecular weight excluding hydrogens is 378 g/mol. The molecule has 2 aliphatic rings. The quantitative estimate of drug-likeness (QED) is 0.668. The van der Waals surface area contributed by atoms with Gasteiger partial charge in [-0.3, -0.25) is 4.79 Å². The van der Waals surface area contributed by atoms with Crippen LogP contribution in [0.1, 0.15) is 40.2 Å². The van der Waals surface area contributed by atoms with E-state index in [4.69, 9.17) is 0 Å². The molecule has 3 aromatic rings. The third-order valence-corrected chi connectivity index (χ3v) is 6.13. The van der Waals surface area contributed by atoms with Gasteiger partial charge >= 0.3 is 0 Å². The van der Waals surface area contributed by atoms with Crippen molar-refractivity contribution in [1.82, 2.24) is 14.9 Å². The molecule has 25 heavy (non-hydrogen) atoms. The van der Waals surface area contributed by atoms with Crippen molar-refractivity contribution in [1.29, 1.82) is 0 Å². The summed E-state index contributed by atoms with van der Waals surface area (Å²) in [6.07, 6.45) is 4.85. The zero-order chi connectivity index (χ0) is 17.0. The minimum absolute atomic E-state index is 0.131. The van der Waals surface area contributed by atoms with Gasteiger partial charge in [0.1, 0.15) is 0 Å². The van der Waals surface area contributed by atoms with E-state index in [-0.39, 0.29) is 11.9 Å². The van der Waals surface area contributed by atoms with Gasteiger partial charge in [-0.25, -0.2) is 4.98 Å². The lowest BCUT2D eigenvalue weighted by molar-refractivity contribution is 0.0595. The number of hydrogen-bond acceptors (Lipinski definition) is 2. The molecule has 5 heteroatoms. The van der Waals surface area contributed by atoms with E-state index < -0.39 is 0 Å². The summed E-state index contributed by atoms with van der Waals surface area (Å²) in [7, 11) is 0. The number of amides is 1. The molecule has 1 amide bonds. The summed E-state index contributed by atoms with van der Waals surface area (Å²) in [5, 5.41) is 0. The number of piperidine rings is 1. The number of aromatic amines is 1. The van der Waals surface area contributed by atoms with Crippen LogP contribution < -0.4 is 0 Å². The molecule has 0 saturated carbocycles. The Morgan fingerprint density at radius 1 is 1.24 bits per heavy atom. The van der Waals surface area contributed by atoms with Crippen LogP contribution in [0.25, 0.3) is 11.0 Å². The Morgan fingerprint density at radius 2 is 2.16 bits per heavy atom. The lowest BCUT2D eigenvalue weighted by Crippen LogP contribution is -2.46. The Morgan fingerprint density at radius 3 is 3.08 bits per heavy atom. The molecule has 1 saturated heterocycles. The predicted octanol–water partition coefficient (Wildman–Crippen LogP) is 4.27. The van der Waals surface area contributed by atoms with Gasteiger partial charge in [-0.05, 0) is 60.7 Å². The van der Waals surface area contributed by atoms with Crippen molar-refractivity contribution >= 4 is 32.9 Å². The smallest absolute Gasteiger partial charge is 0.254 e. The van der Waals surface area contributed by atoms with Crippen LogP contribution in [0.2, 0.25) is 0 Å². The number of likely N-dealkylation sites (tertiary alicyclic amines) is 1. The highest BCUT2D eigenvalue weighted by molar-refractivity contribution is 9.10. The average molecular weight is 396 g/mol. The Kier molecular flexibility index (Phi) is 3.45. The van der Waals surface area contributed by atoms with Crippen LogP contribution in [0, 0.1) is 0 Å². The van der Waals surface area contributed by atoms with E-state index >= 15 is 0 Å². The second-order valence-corrected chi connectivity index (χ2v) is 7.91. The van der Waals surface area contributed by atoms with Crippen molar-refractivity contribution in [3.8, 4) is 0 Å². The van der Waals surface area contributed by atoms with E-state index in [0.717, 1.165) is 40.5 Å². The molecule has 2 heterocycles. The predicted molar refractivity (Wildman–Crippen MR) is 101 cm³/mol. The van der Waals surface area contributed by atoms with E-state index in [1.165, 1.54) is 17.5 Å². The average Bonchev–Trinajstić information content (AvgIpc) is 3.23. The maximum absolute atomic E-state index is 13.2. The molecule has 1 fully saturated rings. The third kappa shape index (κ3) is 2.41. The largest absolute Gasteiger partial charge is 0.345 e. The number of fused-ring (bicyclic) bond motifs is 4. The molecular formula is C20H18BrN3O. The number of rotatable bonds is 1. The van der Waals surface area contributed by atoms with Crippen molar-refractivity contribution < 1.29 is 4.79 Å². The molecule has 126 valence electrons. The molecule has 0 bridgehead atoms. The van der Waals surface area contributed by atoms with E-state index in [1.54, 1.807) is 6.33 Å². The van der Waals surface area contributed by atoms with Crippen LogP contribution in [0.15, 0.2) is 47.2 Å². The number of carbonyl (C=O) groups excluding carboxylic acids is 1. The van der Waals surface area contributed by atoms with Gasteiger partial charge in [0.05, 0.1) is 17.4 Å². The maximum atomic E-state index is 13.2. The summed E-state index contributed by atoms with van der Waals surface area (Å²) in [5.41, 5.74) is 5.35. The Hall–Kier alpha value is -2.14. The summed E-state index contributed by atoms with van der Waals surface area (Å²) in [6, 6.07) is 12.6. The van der Waals surface area contributed by atoms with Gasteiger partial charge in [0.15, 0.2) is 0 Å². The molecule has 2 aromatic carbocycles. The molecule has 0 spiro atoms. The normalized spacial score (nSPS) is 22.0. The first-order valence-electron chi connectivity index (χ1n) is 8.73. The number of H-pyrrole nitrogens is 1. The first-order valence-corrected chi connectivity index (χ1v) is 9.52. The lowest BCUT2D eigenvalue weighted by Gasteiger charge is -2.38. The molecule has 2 atom stereocenters. The minimum atomic E-state index is 0.131. The van der Waals surface area contributed by atoms with Gasteiger partial charge < -0.3 is 9.88 Å². The Labute approximate surface area is 154 Å². The van der Waals surface area contributed by atoms with Crippen molar-refractivity contribution in [3.05, 3.63) is 63.9 Å². The maximum Gasteiger partial charge on any atom is 0.254 e. The van der Waals surface area contributed by atoms with Crippen LogP contribution in [0.5, 0.6) is 0 Å². The fraction of sp³-hybridized carbons (Fsp3) is 0.300. The second-order valence-electron chi connectivity index (χ2n) is 7.00. The number of aromatic nitrogens is 2. The van der Waals surface area contributed by atoms with E-state index in [9.17, 15) is 4.79 Å². The van der Waals surface area contributed by atoms with Crippen LogP contribution in [-0.4, -0.2) is 33.4 Å². The number of hydrogen-bond donors (Lipinski definition) is 1. The summed E-state index contributed by atoms with van der Waals surface area (Å²) < 4.78 is 1.12. The lowest BCUT2D eigenvalue weighted by atomic mass is 9.88. The topological polar surface area (TPSA) is 49.0 Å². The van der Waals surface area contributed by atoms with Gasteiger partial charge in [-0.2, -0.15) is 0 Å². The van der Waals surface area contributed by atoms with Crippen LogP contribution >= 0.6 is 15.9 Å². The Bertz CT molecular complexity index is 980. The summed E-state index contributed by atoms with van der Waals surface area (Å²) >= 11 is 3.57. The highest BCUT2D eigenvalue weighted by Crippen LogP contribution is 2.43. The van der Waals surface area contributed by atoms with E-state index in [2.05, 4.69) is 49.0 Å². The van der Waals surface area contributed by atoms with Crippen LogP contribution in [-0.2, 0) is 6.42 Å². The zero-order valence-corrected chi connectivity index (χ0v) is 15.3. The fourth-order valence-electron chi connectivity index (χ4n) is 4.49. The van der Waals surface area contributed by atoms with Crippen LogP contribution in [0.3, 0.4) is 0 Å². The van der Waals surface area contributed by atoms with Crippen molar-refractivity contribution in [3.63, 3.8) is 0 Å². The number of benzene rings is 2. The first kappa shape index (κ1) is 15.1. The van der Waals surface area contributed by atoms with E-state index in [1.807, 2.05) is 18.2 Å². The Balaban J connectivity index is 1.48. The van der Waals surface area contributed by atoms with Crippen molar-refractivity contribution in [2.45, 2.75) is 31.2 Å². The number of halogens is 1. The molecule has 0 unspecified atom stereocenters. The number of nitrogens with zero attached hydrogens (tertiary/aromatic N) is 2. The molecule has 4 nitrogen and oxygen atoms in total. The van der Waals surface area contributed by atoms with Gasteiger partial charge in [0.25, 0.3) is 5.91 Å². The second kappa shape index (κ2) is 5.70. The van der Waals surface area contributed by atoms with Gasteiger partial charge in [0.2, 0.25) is 0 Å². The summed E-state index contributed by atoms with van der Waals surface area (Å²) in [6.45, 7) is 0.841. The van der Waals surface area contributed by atoms with Crippen LogP contribution in [0.4, 0.5) is 0 Å². The monoisotopic (exact) mass is 395 g/mol. The molecule has 0 radical (unpaired) electrons. The minimum Gasteiger partial charge on any atom is -0.345 e. The highest BCUT2D eigenvalue weighted by atomic mass is 79.9. The summed E-state index contributed by atoms with van der Waals surface area (Å²) in [5.74, 6) is 0.599. The van der Waals surface area contributed by atoms with Gasteiger partial charge in [0, 0.05) is 28.5 Å². The van der Waals surface area contributed by atoms with Gasteiger partial charge in [-0.1, -0.05) is 22.0 Å². The van der Waals surface area contributed by atoms with E-state index in [0.29, 0.717) is 5.92 Å². The fourth-order valence-corrected chi connectivity index (χ4v) is 4.90. The van der Waals surface area contributed by atoms with Crippen molar-refractivity contribution in [2.75, 3.05) is 6.54 Å².